The predicted molar refractivity (Wildman–Crippen MR) is 118 cm³/mol. The van der Waals surface area contributed by atoms with Crippen molar-refractivity contribution in [1.82, 2.24) is 29.2 Å². The molecule has 0 unspecified atom stereocenters. The van der Waals surface area contributed by atoms with Gasteiger partial charge in [-0.1, -0.05) is 12.1 Å². The maximum absolute atomic E-state index is 13.3. The highest BCUT2D eigenvalue weighted by molar-refractivity contribution is 5.79. The summed E-state index contributed by atoms with van der Waals surface area (Å²) in [6.45, 7) is -0.243. The number of aliphatic hydroxyl groups is 2. The van der Waals surface area contributed by atoms with Crippen LogP contribution in [0.4, 0.5) is 8.78 Å². The molecule has 2 aromatic carbocycles. The highest BCUT2D eigenvalue weighted by atomic mass is 19.1. The zero-order chi connectivity index (χ0) is 24.0. The lowest BCUT2D eigenvalue weighted by Crippen LogP contribution is -2.11. The molecule has 0 saturated carbocycles. The van der Waals surface area contributed by atoms with E-state index in [1.54, 1.807) is 36.4 Å². The molecule has 0 spiro atoms. The first-order valence-electron chi connectivity index (χ1n) is 9.99. The molecule has 0 aliphatic rings. The van der Waals surface area contributed by atoms with Crippen molar-refractivity contribution in [1.29, 1.82) is 0 Å². The van der Waals surface area contributed by atoms with Gasteiger partial charge in [-0.25, -0.2) is 17.8 Å². The van der Waals surface area contributed by atoms with Gasteiger partial charge in [-0.05, 0) is 35.4 Å². The van der Waals surface area contributed by atoms with Crippen molar-refractivity contribution in [2.45, 2.75) is 13.2 Å². The van der Waals surface area contributed by atoms with Crippen molar-refractivity contribution in [2.24, 2.45) is 0 Å². The zero-order valence-electron chi connectivity index (χ0n) is 17.3. The Hall–Kier alpha value is -4.42. The Morgan fingerprint density at radius 2 is 1.15 bits per heavy atom. The van der Waals surface area contributed by atoms with E-state index in [-0.39, 0.29) is 24.2 Å². The minimum absolute atomic E-state index is 0.103. The number of aliphatic hydroxyl groups excluding tert-OH is 2. The Labute approximate surface area is 187 Å². The molecule has 10 nitrogen and oxygen atoms in total. The van der Waals surface area contributed by atoms with Gasteiger partial charge in [0.05, 0.1) is 47.7 Å². The Morgan fingerprint density at radius 3 is 1.53 bits per heavy atom. The minimum atomic E-state index is -0.653. The third-order valence-corrected chi connectivity index (χ3v) is 5.32. The smallest absolute Gasteiger partial charge is 0.277 e. The molecule has 0 atom stereocenters. The molecule has 12 heteroatoms. The van der Waals surface area contributed by atoms with E-state index >= 15 is 0 Å². The summed E-state index contributed by atoms with van der Waals surface area (Å²) in [5.41, 5.74) is 2.24. The first-order chi connectivity index (χ1) is 16.4. The van der Waals surface area contributed by atoms with Crippen molar-refractivity contribution >= 4 is 33.1 Å². The van der Waals surface area contributed by atoms with E-state index in [4.69, 9.17) is 10.2 Å². The van der Waals surface area contributed by atoms with Gasteiger partial charge in [0.25, 0.3) is 11.1 Å². The van der Waals surface area contributed by atoms with Crippen LogP contribution in [0, 0.1) is 11.6 Å². The van der Waals surface area contributed by atoms with Crippen LogP contribution in [0.2, 0.25) is 0 Å². The second-order valence-corrected chi connectivity index (χ2v) is 7.43. The third-order valence-electron chi connectivity index (χ3n) is 5.32. The van der Waals surface area contributed by atoms with Gasteiger partial charge in [0.15, 0.2) is 22.7 Å². The molecule has 0 aliphatic heterocycles. The molecule has 6 rings (SSSR count). The van der Waals surface area contributed by atoms with Crippen molar-refractivity contribution in [3.05, 3.63) is 92.3 Å². The highest BCUT2D eigenvalue weighted by Crippen LogP contribution is 2.16. The van der Waals surface area contributed by atoms with Gasteiger partial charge in [0.1, 0.15) is 0 Å². The van der Waals surface area contributed by atoms with E-state index < -0.39 is 22.8 Å². The van der Waals surface area contributed by atoms with Crippen LogP contribution in [0.5, 0.6) is 0 Å². The van der Waals surface area contributed by atoms with Crippen LogP contribution in [-0.2, 0) is 13.2 Å². The van der Waals surface area contributed by atoms with Crippen LogP contribution in [0.3, 0.4) is 0 Å². The van der Waals surface area contributed by atoms with E-state index in [1.807, 2.05) is 0 Å². The number of aromatic amines is 2. The summed E-state index contributed by atoms with van der Waals surface area (Å²) in [6.07, 6.45) is 2.01. The second kappa shape index (κ2) is 8.17. The molecule has 0 fully saturated rings. The van der Waals surface area contributed by atoms with E-state index in [2.05, 4.69) is 20.2 Å². The zero-order valence-corrected chi connectivity index (χ0v) is 17.3. The molecule has 0 bridgehead atoms. The molecular weight excluding hydrogens is 450 g/mol. The van der Waals surface area contributed by atoms with Gasteiger partial charge in [-0.3, -0.25) is 9.59 Å². The van der Waals surface area contributed by atoms with Crippen molar-refractivity contribution < 1.29 is 19.0 Å². The summed E-state index contributed by atoms with van der Waals surface area (Å²) >= 11 is 0. The Kier molecular flexibility index (Phi) is 5.15. The Balaban J connectivity index is 0.000000142. The molecule has 0 radical (unpaired) electrons. The number of rotatable bonds is 2. The van der Waals surface area contributed by atoms with E-state index in [1.165, 1.54) is 9.03 Å². The number of hydrogen-bond donors (Lipinski definition) is 4. The molecular formula is C22H16F2N6O4. The van der Waals surface area contributed by atoms with Crippen molar-refractivity contribution in [3.63, 3.8) is 0 Å². The molecule has 0 aliphatic carbocycles. The molecule has 34 heavy (non-hydrogen) atoms. The number of nitrogens with one attached hydrogen (secondary N) is 2. The van der Waals surface area contributed by atoms with Gasteiger partial charge < -0.3 is 20.2 Å². The quantitative estimate of drug-likeness (QED) is 0.306. The van der Waals surface area contributed by atoms with Gasteiger partial charge in [0, 0.05) is 0 Å². The van der Waals surface area contributed by atoms with Crippen LogP contribution in [0.1, 0.15) is 11.1 Å². The summed E-state index contributed by atoms with van der Waals surface area (Å²) in [7, 11) is 0. The molecule has 6 aromatic rings. The average Bonchev–Trinajstić information content (AvgIpc) is 3.42. The fraction of sp³-hybridized carbons (Fsp3) is 0.0909. The van der Waals surface area contributed by atoms with Gasteiger partial charge in [0.2, 0.25) is 0 Å². The van der Waals surface area contributed by atoms with Gasteiger partial charge in [-0.15, -0.1) is 0 Å². The predicted octanol–water partition coefficient (Wildman–Crippen LogP) is 1.61. The third kappa shape index (κ3) is 3.41. The summed E-state index contributed by atoms with van der Waals surface area (Å²) in [5, 5.41) is 25.7. The Bertz CT molecular complexity index is 1680. The van der Waals surface area contributed by atoms with Crippen LogP contribution >= 0.6 is 0 Å². The van der Waals surface area contributed by atoms with E-state index in [9.17, 15) is 18.4 Å². The van der Waals surface area contributed by atoms with Gasteiger partial charge >= 0.3 is 0 Å². The first-order valence-corrected chi connectivity index (χ1v) is 9.99. The van der Waals surface area contributed by atoms with Crippen LogP contribution in [-0.4, -0.2) is 39.4 Å². The van der Waals surface area contributed by atoms with E-state index in [0.29, 0.717) is 33.2 Å². The lowest BCUT2D eigenvalue weighted by atomic mass is 10.2. The maximum atomic E-state index is 13.3. The number of fused-ring (bicyclic) bond motifs is 6. The van der Waals surface area contributed by atoms with Crippen LogP contribution in [0.15, 0.2) is 58.4 Å². The summed E-state index contributed by atoms with van der Waals surface area (Å²) < 4.78 is 29.2. The van der Waals surface area contributed by atoms with Gasteiger partial charge in [-0.2, -0.15) is 10.2 Å². The number of hydrogen-bond acceptors (Lipinski definition) is 6. The normalized spacial score (nSPS) is 11.4. The molecule has 0 saturated heterocycles. The lowest BCUT2D eigenvalue weighted by Gasteiger charge is -2.03. The summed E-state index contributed by atoms with van der Waals surface area (Å²) in [6, 6.07) is 10.0. The Morgan fingerprint density at radius 1 is 0.735 bits per heavy atom. The first kappa shape index (κ1) is 21.4. The molecule has 4 aromatic heterocycles. The van der Waals surface area contributed by atoms with Crippen LogP contribution in [0.25, 0.3) is 33.1 Å². The highest BCUT2D eigenvalue weighted by Gasteiger charge is 2.12. The molecule has 4 heterocycles. The standard InChI is InChI=1S/2C11H8FN3O2/c2*12-7-4-13-15-9-2-1-6(5-16)3-8(9)14-11(17)10(7)15/h2*1-4,16H,5H2,(H,14,17). The molecule has 0 amide bonds. The fourth-order valence-electron chi connectivity index (χ4n) is 3.73. The average molecular weight is 466 g/mol. The molecule has 172 valence electrons. The number of aromatic nitrogens is 6. The number of benzene rings is 2. The summed E-state index contributed by atoms with van der Waals surface area (Å²) in [4.78, 5) is 28.4. The monoisotopic (exact) mass is 466 g/mol. The number of halogens is 2. The lowest BCUT2D eigenvalue weighted by molar-refractivity contribution is 0.282. The van der Waals surface area contributed by atoms with Crippen LogP contribution < -0.4 is 11.1 Å². The number of nitrogens with zero attached hydrogens (tertiary/aromatic N) is 4. The fourth-order valence-corrected chi connectivity index (χ4v) is 3.73. The van der Waals surface area contributed by atoms with Crippen molar-refractivity contribution in [2.75, 3.05) is 0 Å². The maximum Gasteiger partial charge on any atom is 0.277 e. The van der Waals surface area contributed by atoms with E-state index in [0.717, 1.165) is 12.4 Å². The summed E-state index contributed by atoms with van der Waals surface area (Å²) in [5.74, 6) is -1.31. The number of H-pyrrole nitrogens is 2. The molecule has 4 N–H and O–H groups in total. The second-order valence-electron chi connectivity index (χ2n) is 7.43. The topological polar surface area (TPSA) is 141 Å². The van der Waals surface area contributed by atoms with Crippen molar-refractivity contribution in [3.8, 4) is 0 Å². The largest absolute Gasteiger partial charge is 0.392 e. The minimum Gasteiger partial charge on any atom is -0.392 e. The SMILES string of the molecule is O=c1[nH]c2cc(CO)ccc2n2ncc(F)c12.O=c1[nH]c2cc(CO)ccc2n2ncc(F)c12.